The Labute approximate surface area is 120 Å². The Morgan fingerprint density at radius 2 is 2.22 bits per heavy atom. The highest BCUT2D eigenvalue weighted by molar-refractivity contribution is 9.10. The van der Waals surface area contributed by atoms with Gasteiger partial charge in [0, 0.05) is 15.9 Å². The highest BCUT2D eigenvalue weighted by Crippen LogP contribution is 2.29. The van der Waals surface area contributed by atoms with Gasteiger partial charge in [0.1, 0.15) is 0 Å². The lowest BCUT2D eigenvalue weighted by atomic mass is 10.0. The van der Waals surface area contributed by atoms with Crippen LogP contribution in [0.25, 0.3) is 0 Å². The number of aryl methyl sites for hydroxylation is 2. The molecule has 18 heavy (non-hydrogen) atoms. The van der Waals surface area contributed by atoms with Gasteiger partial charge in [-0.3, -0.25) is 11.3 Å². The number of halogens is 1. The van der Waals surface area contributed by atoms with E-state index >= 15 is 0 Å². The van der Waals surface area contributed by atoms with Gasteiger partial charge in [-0.05, 0) is 52.2 Å². The van der Waals surface area contributed by atoms with Crippen molar-refractivity contribution in [1.82, 2.24) is 5.43 Å². The van der Waals surface area contributed by atoms with Gasteiger partial charge in [0.05, 0.1) is 0 Å². The van der Waals surface area contributed by atoms with Crippen molar-refractivity contribution in [2.75, 3.05) is 0 Å². The maximum Gasteiger partial charge on any atom is 0.0482 e. The molecule has 0 spiro atoms. The van der Waals surface area contributed by atoms with Crippen molar-refractivity contribution < 1.29 is 0 Å². The zero-order valence-corrected chi connectivity index (χ0v) is 12.7. The molecular weight excluding hydrogens is 308 g/mol. The fourth-order valence-electron chi connectivity index (χ4n) is 2.05. The Balaban J connectivity index is 2.02. The summed E-state index contributed by atoms with van der Waals surface area (Å²) in [7, 11) is 0. The lowest BCUT2D eigenvalue weighted by Gasteiger charge is -2.15. The van der Waals surface area contributed by atoms with Crippen molar-refractivity contribution in [3.05, 3.63) is 56.2 Å². The third kappa shape index (κ3) is 3.42. The van der Waals surface area contributed by atoms with Crippen LogP contribution in [-0.4, -0.2) is 0 Å². The summed E-state index contributed by atoms with van der Waals surface area (Å²) < 4.78 is 1.14. The molecule has 4 heteroatoms. The number of nitrogens with two attached hydrogens (primary N) is 1. The van der Waals surface area contributed by atoms with Gasteiger partial charge in [0.2, 0.25) is 0 Å². The van der Waals surface area contributed by atoms with Gasteiger partial charge in [-0.25, -0.2) is 0 Å². The molecule has 96 valence electrons. The van der Waals surface area contributed by atoms with Gasteiger partial charge in [-0.15, -0.1) is 0 Å². The molecule has 1 aromatic heterocycles. The molecule has 0 fully saturated rings. The lowest BCUT2D eigenvalue weighted by Crippen LogP contribution is -2.28. The largest absolute Gasteiger partial charge is 0.271 e. The van der Waals surface area contributed by atoms with Crippen molar-refractivity contribution in [3.63, 3.8) is 0 Å². The second kappa shape index (κ2) is 6.48. The maximum atomic E-state index is 5.66. The van der Waals surface area contributed by atoms with Crippen LogP contribution in [0.2, 0.25) is 0 Å². The number of rotatable bonds is 5. The molecule has 0 aliphatic carbocycles. The molecule has 0 saturated carbocycles. The first-order valence-electron chi connectivity index (χ1n) is 5.94. The third-order valence-electron chi connectivity index (χ3n) is 3.02. The van der Waals surface area contributed by atoms with Crippen LogP contribution in [0.15, 0.2) is 39.5 Å². The second-order valence-corrected chi connectivity index (χ2v) is 6.02. The summed E-state index contributed by atoms with van der Waals surface area (Å²) in [4.78, 5) is 0. The summed E-state index contributed by atoms with van der Waals surface area (Å²) in [6.07, 6.45) is 2.02. The van der Waals surface area contributed by atoms with Crippen LogP contribution in [0, 0.1) is 6.92 Å². The summed E-state index contributed by atoms with van der Waals surface area (Å²) in [5.74, 6) is 5.66. The molecule has 1 aromatic carbocycles. The molecule has 0 saturated heterocycles. The highest BCUT2D eigenvalue weighted by Gasteiger charge is 2.13. The number of thiophene rings is 1. The van der Waals surface area contributed by atoms with E-state index in [-0.39, 0.29) is 6.04 Å². The first kappa shape index (κ1) is 13.7. The number of hydrazine groups is 1. The Hall–Kier alpha value is -0.680. The molecule has 0 amide bonds. The van der Waals surface area contributed by atoms with Gasteiger partial charge in [0.25, 0.3) is 0 Å². The Morgan fingerprint density at radius 1 is 1.39 bits per heavy atom. The summed E-state index contributed by atoms with van der Waals surface area (Å²) in [6, 6.07) is 8.83. The van der Waals surface area contributed by atoms with Crippen molar-refractivity contribution in [2.24, 2.45) is 5.84 Å². The normalized spacial score (nSPS) is 12.6. The van der Waals surface area contributed by atoms with Crippen LogP contribution in [0.5, 0.6) is 0 Å². The van der Waals surface area contributed by atoms with Crippen LogP contribution in [0.1, 0.15) is 29.2 Å². The van der Waals surface area contributed by atoms with E-state index in [1.807, 2.05) is 0 Å². The van der Waals surface area contributed by atoms with E-state index in [2.05, 4.69) is 63.3 Å². The van der Waals surface area contributed by atoms with E-state index in [0.717, 1.165) is 17.3 Å². The quantitative estimate of drug-likeness (QED) is 0.645. The monoisotopic (exact) mass is 324 g/mol. The second-order valence-electron chi connectivity index (χ2n) is 4.42. The molecule has 2 aromatic rings. The first-order chi connectivity index (χ1) is 8.70. The molecule has 1 heterocycles. The summed E-state index contributed by atoms with van der Waals surface area (Å²) in [5, 5.41) is 4.23. The van der Waals surface area contributed by atoms with Gasteiger partial charge < -0.3 is 0 Å². The highest BCUT2D eigenvalue weighted by atomic mass is 79.9. The standard InChI is InChI=1S/C14H17BrN2S/c1-10-3-2-4-11(7-10)5-6-14(17-16)12-8-18-9-13(12)15/h2-4,7-9,14,17H,5-6,16H2,1H3. The fourth-order valence-corrected chi connectivity index (χ4v) is 3.67. The predicted octanol–water partition coefficient (Wildman–Crippen LogP) is 3.96. The van der Waals surface area contributed by atoms with Crippen molar-refractivity contribution in [2.45, 2.75) is 25.8 Å². The number of nitrogens with one attached hydrogen (secondary N) is 1. The maximum absolute atomic E-state index is 5.66. The molecule has 0 bridgehead atoms. The van der Waals surface area contributed by atoms with E-state index in [1.54, 1.807) is 11.3 Å². The number of benzene rings is 1. The van der Waals surface area contributed by atoms with Gasteiger partial charge in [-0.2, -0.15) is 11.3 Å². The minimum absolute atomic E-state index is 0.200. The molecule has 2 nitrogen and oxygen atoms in total. The van der Waals surface area contributed by atoms with E-state index in [1.165, 1.54) is 16.7 Å². The molecule has 0 aliphatic heterocycles. The van der Waals surface area contributed by atoms with Gasteiger partial charge >= 0.3 is 0 Å². The zero-order valence-electron chi connectivity index (χ0n) is 10.3. The first-order valence-corrected chi connectivity index (χ1v) is 7.67. The van der Waals surface area contributed by atoms with E-state index < -0.39 is 0 Å². The molecule has 2 rings (SSSR count). The summed E-state index contributed by atoms with van der Waals surface area (Å²) >= 11 is 5.25. The lowest BCUT2D eigenvalue weighted by molar-refractivity contribution is 0.516. The third-order valence-corrected chi connectivity index (χ3v) is 4.77. The minimum Gasteiger partial charge on any atom is -0.271 e. The molecule has 0 aliphatic rings. The van der Waals surface area contributed by atoms with Gasteiger partial charge in [0.15, 0.2) is 0 Å². The van der Waals surface area contributed by atoms with E-state index in [4.69, 9.17) is 5.84 Å². The Morgan fingerprint density at radius 3 is 2.83 bits per heavy atom. The predicted molar refractivity (Wildman–Crippen MR) is 81.6 cm³/mol. The Kier molecular flexibility index (Phi) is 4.95. The van der Waals surface area contributed by atoms with Crippen LogP contribution >= 0.6 is 27.3 Å². The zero-order chi connectivity index (χ0) is 13.0. The molecular formula is C14H17BrN2S. The molecule has 1 atom stereocenters. The fraction of sp³-hybridized carbons (Fsp3) is 0.286. The molecule has 0 radical (unpaired) electrons. The molecule has 1 unspecified atom stereocenters. The average Bonchev–Trinajstić information content (AvgIpc) is 2.77. The minimum atomic E-state index is 0.200. The van der Waals surface area contributed by atoms with Crippen molar-refractivity contribution in [1.29, 1.82) is 0 Å². The number of hydrogen-bond acceptors (Lipinski definition) is 3. The SMILES string of the molecule is Cc1cccc(CCC(NN)c2cscc2Br)c1. The van der Waals surface area contributed by atoms with Crippen LogP contribution < -0.4 is 11.3 Å². The smallest absolute Gasteiger partial charge is 0.0482 e. The number of hydrogen-bond donors (Lipinski definition) is 2. The van der Waals surface area contributed by atoms with Crippen LogP contribution in [0.4, 0.5) is 0 Å². The summed E-state index contributed by atoms with van der Waals surface area (Å²) in [5.41, 5.74) is 6.82. The van der Waals surface area contributed by atoms with E-state index in [0.29, 0.717) is 0 Å². The van der Waals surface area contributed by atoms with Crippen LogP contribution in [0.3, 0.4) is 0 Å². The Bertz CT molecular complexity index is 510. The summed E-state index contributed by atoms with van der Waals surface area (Å²) in [6.45, 7) is 2.12. The van der Waals surface area contributed by atoms with Gasteiger partial charge in [-0.1, -0.05) is 29.8 Å². The molecule has 3 N–H and O–H groups in total. The van der Waals surface area contributed by atoms with Crippen LogP contribution in [-0.2, 0) is 6.42 Å². The van der Waals surface area contributed by atoms with Crippen molar-refractivity contribution >= 4 is 27.3 Å². The van der Waals surface area contributed by atoms with Crippen molar-refractivity contribution in [3.8, 4) is 0 Å². The topological polar surface area (TPSA) is 38.0 Å². The van der Waals surface area contributed by atoms with E-state index in [9.17, 15) is 0 Å². The average molecular weight is 325 g/mol.